The minimum atomic E-state index is -2.53. The summed E-state index contributed by atoms with van der Waals surface area (Å²) < 4.78 is 25.1. The van der Waals surface area contributed by atoms with Crippen LogP contribution in [-0.4, -0.2) is 38.8 Å². The van der Waals surface area contributed by atoms with Gasteiger partial charge in [-0.1, -0.05) is 0 Å². The average Bonchev–Trinajstić information content (AvgIpc) is 3.02. The highest BCUT2D eigenvalue weighted by Crippen LogP contribution is 2.25. The van der Waals surface area contributed by atoms with Crippen molar-refractivity contribution < 1.29 is 13.6 Å². The fourth-order valence-corrected chi connectivity index (χ4v) is 4.01. The van der Waals surface area contributed by atoms with Crippen molar-refractivity contribution in [2.75, 3.05) is 18.4 Å². The zero-order valence-corrected chi connectivity index (χ0v) is 15.3. The number of likely N-dealkylation sites (tertiary alicyclic amines) is 1. The van der Waals surface area contributed by atoms with Gasteiger partial charge in [0, 0.05) is 49.9 Å². The van der Waals surface area contributed by atoms with E-state index in [2.05, 4.69) is 25.2 Å². The summed E-state index contributed by atoms with van der Waals surface area (Å²) >= 11 is 1.48. The van der Waals surface area contributed by atoms with Crippen LogP contribution in [0.1, 0.15) is 42.5 Å². The molecule has 2 aromatic rings. The molecule has 0 spiro atoms. The summed E-state index contributed by atoms with van der Waals surface area (Å²) in [7, 11) is 0. The number of aromatic nitrogens is 3. The molecule has 0 aliphatic carbocycles. The smallest absolute Gasteiger partial charge is 0.266 e. The molecule has 0 aromatic carbocycles. The summed E-state index contributed by atoms with van der Waals surface area (Å²) in [6.45, 7) is 4.17. The van der Waals surface area contributed by atoms with Crippen LogP contribution in [0.4, 0.5) is 13.9 Å². The molecule has 0 radical (unpaired) electrons. The molecule has 2 aromatic heterocycles. The fraction of sp³-hybridized carbons (Fsp3) is 0.529. The third kappa shape index (κ3) is 5.25. The van der Waals surface area contributed by atoms with E-state index in [0.717, 1.165) is 37.4 Å². The van der Waals surface area contributed by atoms with E-state index in [0.29, 0.717) is 23.3 Å². The van der Waals surface area contributed by atoms with Gasteiger partial charge < -0.3 is 5.32 Å². The average molecular weight is 381 g/mol. The second-order valence-corrected chi connectivity index (χ2v) is 7.61. The third-order valence-corrected chi connectivity index (χ3v) is 5.17. The lowest BCUT2D eigenvalue weighted by Crippen LogP contribution is -2.35. The summed E-state index contributed by atoms with van der Waals surface area (Å²) in [5.41, 5.74) is -0.140. The van der Waals surface area contributed by atoms with Crippen LogP contribution in [0, 0.1) is 5.92 Å². The Morgan fingerprint density at radius 1 is 1.35 bits per heavy atom. The standard InChI is InChI=1S/C17H21F2N5OS/c1-11(25)23-17-22-8-14(26-17)10-24-4-2-3-12(9-24)5-15-20-6-13(7-21-15)16(18)19/h6-8,12,16H,2-5,9-10H2,1H3,(H,22,23,25)/t12-/m1/s1. The van der Waals surface area contributed by atoms with Crippen LogP contribution < -0.4 is 5.32 Å². The lowest BCUT2D eigenvalue weighted by Gasteiger charge is -2.32. The summed E-state index contributed by atoms with van der Waals surface area (Å²) in [6.07, 6.45) is 4.55. The number of halogens is 2. The number of piperidine rings is 1. The molecule has 1 N–H and O–H groups in total. The van der Waals surface area contributed by atoms with Crippen LogP contribution in [0.15, 0.2) is 18.6 Å². The lowest BCUT2D eigenvalue weighted by atomic mass is 9.94. The van der Waals surface area contributed by atoms with E-state index in [1.807, 2.05) is 0 Å². The molecule has 1 aliphatic rings. The Morgan fingerprint density at radius 3 is 2.81 bits per heavy atom. The molecule has 26 heavy (non-hydrogen) atoms. The van der Waals surface area contributed by atoms with Crippen molar-refractivity contribution in [3.8, 4) is 0 Å². The first-order valence-corrected chi connectivity index (χ1v) is 9.35. The Labute approximate surface area is 154 Å². The third-order valence-electron chi connectivity index (χ3n) is 4.27. The molecule has 3 heterocycles. The highest BCUT2D eigenvalue weighted by atomic mass is 32.1. The summed E-state index contributed by atoms with van der Waals surface area (Å²) in [5.74, 6) is 0.901. The van der Waals surface area contributed by atoms with Crippen LogP contribution in [0.5, 0.6) is 0 Å². The van der Waals surface area contributed by atoms with Gasteiger partial charge >= 0.3 is 0 Å². The van der Waals surface area contributed by atoms with Gasteiger partial charge in [-0.25, -0.2) is 23.7 Å². The number of hydrogen-bond acceptors (Lipinski definition) is 6. The monoisotopic (exact) mass is 381 g/mol. The van der Waals surface area contributed by atoms with Crippen LogP contribution in [0.3, 0.4) is 0 Å². The molecule has 0 bridgehead atoms. The lowest BCUT2D eigenvalue weighted by molar-refractivity contribution is -0.114. The van der Waals surface area contributed by atoms with Crippen LogP contribution in [0.2, 0.25) is 0 Å². The number of nitrogens with zero attached hydrogens (tertiary/aromatic N) is 4. The first-order valence-electron chi connectivity index (χ1n) is 8.53. The van der Waals surface area contributed by atoms with Gasteiger partial charge in [-0.05, 0) is 25.3 Å². The van der Waals surface area contributed by atoms with E-state index in [1.54, 1.807) is 6.20 Å². The maximum Gasteiger partial charge on any atom is 0.266 e. The Kier molecular flexibility index (Phi) is 6.20. The van der Waals surface area contributed by atoms with Crippen molar-refractivity contribution in [3.63, 3.8) is 0 Å². The Hall–Kier alpha value is -2.00. The quantitative estimate of drug-likeness (QED) is 0.831. The zero-order chi connectivity index (χ0) is 18.5. The summed E-state index contributed by atoms with van der Waals surface area (Å²) in [6, 6.07) is 0. The van der Waals surface area contributed by atoms with Crippen LogP contribution >= 0.6 is 11.3 Å². The van der Waals surface area contributed by atoms with Gasteiger partial charge in [0.15, 0.2) is 5.13 Å². The van der Waals surface area contributed by atoms with E-state index in [9.17, 15) is 13.6 Å². The number of rotatable bonds is 6. The first kappa shape index (κ1) is 18.8. The van der Waals surface area contributed by atoms with Gasteiger partial charge in [-0.3, -0.25) is 9.69 Å². The second kappa shape index (κ2) is 8.59. The number of thiazole rings is 1. The topological polar surface area (TPSA) is 71.0 Å². The molecule has 9 heteroatoms. The first-order chi connectivity index (χ1) is 12.5. The second-order valence-electron chi connectivity index (χ2n) is 6.49. The largest absolute Gasteiger partial charge is 0.302 e. The number of amides is 1. The molecule has 3 rings (SSSR count). The predicted octanol–water partition coefficient (Wildman–Crippen LogP) is 3.28. The molecular formula is C17H21F2N5OS. The molecule has 6 nitrogen and oxygen atoms in total. The van der Waals surface area contributed by atoms with Gasteiger partial charge in [0.1, 0.15) is 5.82 Å². The van der Waals surface area contributed by atoms with Crippen LogP contribution in [0.25, 0.3) is 0 Å². The van der Waals surface area contributed by atoms with Crippen molar-refractivity contribution in [2.45, 2.75) is 39.2 Å². The van der Waals surface area contributed by atoms with Crippen molar-refractivity contribution in [1.82, 2.24) is 19.9 Å². The molecule has 140 valence electrons. The number of alkyl halides is 2. The molecule has 1 amide bonds. The Bertz CT molecular complexity index is 737. The van der Waals surface area contributed by atoms with Crippen molar-refractivity contribution >= 4 is 22.4 Å². The van der Waals surface area contributed by atoms with E-state index in [-0.39, 0.29) is 11.5 Å². The number of hydrogen-bond donors (Lipinski definition) is 1. The van der Waals surface area contributed by atoms with Gasteiger partial charge in [0.2, 0.25) is 5.91 Å². The van der Waals surface area contributed by atoms with Gasteiger partial charge in [0.25, 0.3) is 6.43 Å². The highest BCUT2D eigenvalue weighted by molar-refractivity contribution is 7.15. The number of nitrogens with one attached hydrogen (secondary N) is 1. The van der Waals surface area contributed by atoms with Crippen molar-refractivity contribution in [2.24, 2.45) is 5.92 Å². The van der Waals surface area contributed by atoms with Crippen LogP contribution in [-0.2, 0) is 17.8 Å². The van der Waals surface area contributed by atoms with E-state index in [4.69, 9.17) is 0 Å². The van der Waals surface area contributed by atoms with Gasteiger partial charge in [-0.15, -0.1) is 11.3 Å². The van der Waals surface area contributed by atoms with E-state index in [1.165, 1.54) is 30.7 Å². The maximum atomic E-state index is 12.6. The molecule has 1 fully saturated rings. The van der Waals surface area contributed by atoms with Crippen molar-refractivity contribution in [3.05, 3.63) is 34.9 Å². The Morgan fingerprint density at radius 2 is 2.12 bits per heavy atom. The fourth-order valence-electron chi connectivity index (χ4n) is 3.11. The number of carbonyl (C=O) groups excluding carboxylic acids is 1. The van der Waals surface area contributed by atoms with Gasteiger partial charge in [-0.2, -0.15) is 0 Å². The molecule has 1 aliphatic heterocycles. The normalized spacial score (nSPS) is 18.2. The zero-order valence-electron chi connectivity index (χ0n) is 14.5. The summed E-state index contributed by atoms with van der Waals surface area (Å²) in [4.78, 5) is 26.9. The van der Waals surface area contributed by atoms with Gasteiger partial charge in [0.05, 0.1) is 5.56 Å². The molecule has 1 saturated heterocycles. The van der Waals surface area contributed by atoms with E-state index < -0.39 is 6.43 Å². The molecular weight excluding hydrogens is 360 g/mol. The highest BCUT2D eigenvalue weighted by Gasteiger charge is 2.22. The summed E-state index contributed by atoms with van der Waals surface area (Å²) in [5, 5.41) is 3.32. The SMILES string of the molecule is CC(=O)Nc1ncc(CN2CCC[C@H](Cc3ncc(C(F)F)cn3)C2)s1. The van der Waals surface area contributed by atoms with E-state index >= 15 is 0 Å². The van der Waals surface area contributed by atoms with Crippen molar-refractivity contribution in [1.29, 1.82) is 0 Å². The maximum absolute atomic E-state index is 12.6. The number of anilines is 1. The molecule has 0 saturated carbocycles. The molecule has 1 atom stereocenters. The molecule has 0 unspecified atom stereocenters. The minimum absolute atomic E-state index is 0.123. The number of carbonyl (C=O) groups is 1. The minimum Gasteiger partial charge on any atom is -0.302 e. The Balaban J connectivity index is 1.53. The predicted molar refractivity (Wildman–Crippen MR) is 95.1 cm³/mol.